The fraction of sp³-hybridized carbons (Fsp3) is 0.353. The summed E-state index contributed by atoms with van der Waals surface area (Å²) in [4.78, 5) is 16.8. The van der Waals surface area contributed by atoms with Crippen molar-refractivity contribution in [1.82, 2.24) is 19.2 Å². The first-order valence-electron chi connectivity index (χ1n) is 8.00. The van der Waals surface area contributed by atoms with Crippen LogP contribution in [0.25, 0.3) is 5.78 Å². The van der Waals surface area contributed by atoms with Gasteiger partial charge in [0.25, 0.3) is 5.78 Å². The van der Waals surface area contributed by atoms with Gasteiger partial charge in [-0.05, 0) is 44.0 Å². The fourth-order valence-electron chi connectivity index (χ4n) is 2.57. The fourth-order valence-corrected chi connectivity index (χ4v) is 2.57. The summed E-state index contributed by atoms with van der Waals surface area (Å²) >= 11 is 0. The number of hydrogen-bond acceptors (Lipinski definition) is 4. The second-order valence-electron chi connectivity index (χ2n) is 5.87. The lowest BCUT2D eigenvalue weighted by Gasteiger charge is -2.08. The van der Waals surface area contributed by atoms with Crippen LogP contribution < -0.4 is 11.0 Å². The molecular weight excluding hydrogens is 309 g/mol. The Morgan fingerprint density at radius 2 is 2.04 bits per heavy atom. The molecule has 0 aliphatic carbocycles. The van der Waals surface area contributed by atoms with Crippen molar-refractivity contribution in [3.05, 3.63) is 51.8 Å². The van der Waals surface area contributed by atoms with Crippen molar-refractivity contribution in [2.24, 2.45) is 0 Å². The summed E-state index contributed by atoms with van der Waals surface area (Å²) in [5.41, 5.74) is 1.86. The smallest absolute Gasteiger partial charge is 0.340 e. The van der Waals surface area contributed by atoms with Crippen molar-refractivity contribution in [3.8, 4) is 0 Å². The largest absolute Gasteiger partial charge is 0.351 e. The number of unbranched alkanes of at least 4 members (excludes halogenated alkanes) is 1. The first-order valence-corrected chi connectivity index (χ1v) is 8.00. The molecule has 0 aliphatic heterocycles. The highest BCUT2D eigenvalue weighted by molar-refractivity contribution is 5.59. The van der Waals surface area contributed by atoms with E-state index < -0.39 is 0 Å². The van der Waals surface area contributed by atoms with Gasteiger partial charge < -0.3 is 5.32 Å². The highest BCUT2D eigenvalue weighted by atomic mass is 19.1. The SMILES string of the molecule is CCCCn1nc2nc(Nc3ccc(F)c(C)c3)cc(C)n2c1=O. The number of aromatic nitrogens is 4. The first kappa shape index (κ1) is 16.2. The third-order valence-electron chi connectivity index (χ3n) is 3.89. The summed E-state index contributed by atoms with van der Waals surface area (Å²) in [7, 11) is 0. The quantitative estimate of drug-likeness (QED) is 0.781. The molecular formula is C17H20FN5O. The number of hydrogen-bond donors (Lipinski definition) is 1. The maximum absolute atomic E-state index is 13.4. The predicted octanol–water partition coefficient (Wildman–Crippen LogP) is 3.19. The van der Waals surface area contributed by atoms with E-state index in [1.807, 2.05) is 6.92 Å². The molecule has 126 valence electrons. The Bertz CT molecular complexity index is 944. The van der Waals surface area contributed by atoms with Crippen LogP contribution in [0.15, 0.2) is 29.1 Å². The van der Waals surface area contributed by atoms with Crippen LogP contribution in [0.1, 0.15) is 31.0 Å². The predicted molar refractivity (Wildman–Crippen MR) is 91.3 cm³/mol. The molecule has 24 heavy (non-hydrogen) atoms. The van der Waals surface area contributed by atoms with Crippen LogP contribution in [0.2, 0.25) is 0 Å². The Balaban J connectivity index is 1.97. The lowest BCUT2D eigenvalue weighted by Crippen LogP contribution is -2.22. The Kier molecular flexibility index (Phi) is 4.33. The maximum atomic E-state index is 13.4. The van der Waals surface area contributed by atoms with Crippen LogP contribution in [0.5, 0.6) is 0 Å². The molecule has 0 saturated heterocycles. The average molecular weight is 329 g/mol. The molecule has 0 spiro atoms. The zero-order chi connectivity index (χ0) is 17.3. The lowest BCUT2D eigenvalue weighted by atomic mass is 10.2. The van der Waals surface area contributed by atoms with E-state index in [0.29, 0.717) is 23.7 Å². The third-order valence-corrected chi connectivity index (χ3v) is 3.89. The van der Waals surface area contributed by atoms with Crippen LogP contribution >= 0.6 is 0 Å². The Labute approximate surface area is 139 Å². The van der Waals surface area contributed by atoms with Crippen molar-refractivity contribution >= 4 is 17.3 Å². The normalized spacial score (nSPS) is 11.2. The van der Waals surface area contributed by atoms with E-state index in [0.717, 1.165) is 24.2 Å². The molecule has 0 aliphatic rings. The molecule has 0 fully saturated rings. The van der Waals surface area contributed by atoms with E-state index in [1.165, 1.54) is 15.1 Å². The third kappa shape index (κ3) is 3.02. The highest BCUT2D eigenvalue weighted by Gasteiger charge is 2.12. The van der Waals surface area contributed by atoms with Crippen molar-refractivity contribution < 1.29 is 4.39 Å². The molecule has 0 atom stereocenters. The second kappa shape index (κ2) is 6.43. The number of halogens is 1. The van der Waals surface area contributed by atoms with Crippen LogP contribution in [-0.4, -0.2) is 19.2 Å². The zero-order valence-corrected chi connectivity index (χ0v) is 14.0. The van der Waals surface area contributed by atoms with E-state index in [9.17, 15) is 9.18 Å². The van der Waals surface area contributed by atoms with Gasteiger partial charge in [-0.3, -0.25) is 0 Å². The summed E-state index contributed by atoms with van der Waals surface area (Å²) in [6, 6.07) is 6.55. The van der Waals surface area contributed by atoms with Gasteiger partial charge >= 0.3 is 5.69 Å². The Morgan fingerprint density at radius 1 is 1.25 bits per heavy atom. The van der Waals surface area contributed by atoms with E-state index in [4.69, 9.17) is 0 Å². The number of fused-ring (bicyclic) bond motifs is 1. The van der Waals surface area contributed by atoms with Gasteiger partial charge in [-0.15, -0.1) is 5.10 Å². The van der Waals surface area contributed by atoms with Crippen LogP contribution in [0.3, 0.4) is 0 Å². The molecule has 0 amide bonds. The standard InChI is InChI=1S/C17H20FN5O/c1-4-5-8-22-17(24)23-12(3)10-15(20-16(23)21-22)19-13-6-7-14(18)11(2)9-13/h6-7,9-10H,4-5,8H2,1-3H3,(H,19,20,21). The van der Waals surface area contributed by atoms with Crippen molar-refractivity contribution in [2.45, 2.75) is 40.2 Å². The van der Waals surface area contributed by atoms with Gasteiger partial charge in [-0.1, -0.05) is 13.3 Å². The highest BCUT2D eigenvalue weighted by Crippen LogP contribution is 2.19. The molecule has 1 N–H and O–H groups in total. The van der Waals surface area contributed by atoms with Gasteiger partial charge in [0.2, 0.25) is 0 Å². The Hall–Kier alpha value is -2.70. The molecule has 3 aromatic rings. The zero-order valence-electron chi connectivity index (χ0n) is 14.0. The summed E-state index contributed by atoms with van der Waals surface area (Å²) in [6.07, 6.45) is 1.88. The number of nitrogens with zero attached hydrogens (tertiary/aromatic N) is 4. The summed E-state index contributed by atoms with van der Waals surface area (Å²) in [5.74, 6) is 0.678. The number of rotatable bonds is 5. The van der Waals surface area contributed by atoms with Gasteiger partial charge in [-0.25, -0.2) is 18.3 Å². The Morgan fingerprint density at radius 3 is 2.75 bits per heavy atom. The van der Waals surface area contributed by atoms with Crippen LogP contribution in [-0.2, 0) is 6.54 Å². The lowest BCUT2D eigenvalue weighted by molar-refractivity contribution is 0.553. The summed E-state index contributed by atoms with van der Waals surface area (Å²) in [6.45, 7) is 6.19. The summed E-state index contributed by atoms with van der Waals surface area (Å²) < 4.78 is 16.3. The number of anilines is 2. The van der Waals surface area contributed by atoms with Gasteiger partial charge in [0.15, 0.2) is 0 Å². The van der Waals surface area contributed by atoms with E-state index in [1.54, 1.807) is 25.1 Å². The van der Waals surface area contributed by atoms with E-state index in [-0.39, 0.29) is 11.5 Å². The van der Waals surface area contributed by atoms with Crippen molar-refractivity contribution in [2.75, 3.05) is 5.32 Å². The molecule has 0 bridgehead atoms. The molecule has 3 rings (SSSR count). The number of nitrogens with one attached hydrogen (secondary N) is 1. The van der Waals surface area contributed by atoms with Crippen LogP contribution in [0.4, 0.5) is 15.9 Å². The minimum Gasteiger partial charge on any atom is -0.340 e. The molecule has 1 aromatic carbocycles. The van der Waals surface area contributed by atoms with E-state index in [2.05, 4.69) is 22.3 Å². The maximum Gasteiger partial charge on any atom is 0.351 e. The topological polar surface area (TPSA) is 64.2 Å². The van der Waals surface area contributed by atoms with Gasteiger partial charge in [0.05, 0.1) is 0 Å². The molecule has 0 radical (unpaired) electrons. The molecule has 0 unspecified atom stereocenters. The summed E-state index contributed by atoms with van der Waals surface area (Å²) in [5, 5.41) is 7.43. The molecule has 2 aromatic heterocycles. The molecule has 0 saturated carbocycles. The van der Waals surface area contributed by atoms with Crippen LogP contribution in [0, 0.1) is 19.7 Å². The first-order chi connectivity index (χ1) is 11.5. The number of benzene rings is 1. The minimum atomic E-state index is -0.249. The average Bonchev–Trinajstić information content (AvgIpc) is 2.85. The van der Waals surface area contributed by atoms with Gasteiger partial charge in [-0.2, -0.15) is 4.98 Å². The molecule has 6 nitrogen and oxygen atoms in total. The minimum absolute atomic E-state index is 0.173. The second-order valence-corrected chi connectivity index (χ2v) is 5.87. The molecule has 2 heterocycles. The van der Waals surface area contributed by atoms with Gasteiger partial charge in [0.1, 0.15) is 11.6 Å². The van der Waals surface area contributed by atoms with Gasteiger partial charge in [0, 0.05) is 24.0 Å². The monoisotopic (exact) mass is 329 g/mol. The number of aryl methyl sites for hydroxylation is 3. The van der Waals surface area contributed by atoms with Crippen molar-refractivity contribution in [1.29, 1.82) is 0 Å². The van der Waals surface area contributed by atoms with Crippen molar-refractivity contribution in [3.63, 3.8) is 0 Å². The van der Waals surface area contributed by atoms with E-state index >= 15 is 0 Å². The molecule has 7 heteroatoms.